The Morgan fingerprint density at radius 2 is 1.40 bits per heavy atom. The predicted octanol–water partition coefficient (Wildman–Crippen LogP) is 2.39. The Balaban J connectivity index is 1.61. The average Bonchev–Trinajstić information content (AvgIpc) is 3.25. The van der Waals surface area contributed by atoms with Crippen molar-refractivity contribution in [2.45, 2.75) is 95.8 Å². The minimum absolute atomic E-state index is 0.0105. The molecule has 338 valence electrons. The SMILES string of the molecule is CNC(=O)CC1(CNC(=O)COCCOCCOC)CCN(C(=O)[C@@H](CCCCN)NC[C@@H](CC(C)C)NC[C@@H](Cc2ccccc2)NCC(N)Cc2ccccc2)CC1. The number of benzene rings is 2. The van der Waals surface area contributed by atoms with Gasteiger partial charge in [-0.15, -0.1) is 0 Å². The lowest BCUT2D eigenvalue weighted by Gasteiger charge is -2.42. The summed E-state index contributed by atoms with van der Waals surface area (Å²) >= 11 is 0. The van der Waals surface area contributed by atoms with E-state index in [1.807, 2.05) is 17.0 Å². The van der Waals surface area contributed by atoms with E-state index >= 15 is 0 Å². The monoisotopic (exact) mass is 839 g/mol. The Kier molecular flexibility index (Phi) is 25.2. The molecule has 0 saturated carbocycles. The summed E-state index contributed by atoms with van der Waals surface area (Å²) in [6.45, 7) is 10.0. The lowest BCUT2D eigenvalue weighted by molar-refractivity contribution is -0.137. The van der Waals surface area contributed by atoms with E-state index in [0.29, 0.717) is 90.9 Å². The highest BCUT2D eigenvalue weighted by atomic mass is 16.5. The number of piperidine rings is 1. The largest absolute Gasteiger partial charge is 0.382 e. The maximum atomic E-state index is 14.3. The molecule has 3 rings (SSSR count). The molecule has 1 heterocycles. The summed E-state index contributed by atoms with van der Waals surface area (Å²) in [6, 6.07) is 20.9. The van der Waals surface area contributed by atoms with Crippen molar-refractivity contribution in [2.24, 2.45) is 22.8 Å². The van der Waals surface area contributed by atoms with Crippen LogP contribution in [0.1, 0.15) is 69.9 Å². The summed E-state index contributed by atoms with van der Waals surface area (Å²) in [5.41, 5.74) is 14.5. The molecule has 9 N–H and O–H groups in total. The molecular formula is C46H78N8O6. The van der Waals surface area contributed by atoms with Crippen LogP contribution in [0.25, 0.3) is 0 Å². The van der Waals surface area contributed by atoms with Crippen LogP contribution in [0.4, 0.5) is 0 Å². The second kappa shape index (κ2) is 29.7. The molecule has 14 nitrogen and oxygen atoms in total. The maximum Gasteiger partial charge on any atom is 0.246 e. The van der Waals surface area contributed by atoms with Crippen molar-refractivity contribution >= 4 is 17.7 Å². The van der Waals surface area contributed by atoms with Crippen LogP contribution in [0.15, 0.2) is 60.7 Å². The lowest BCUT2D eigenvalue weighted by Crippen LogP contribution is -2.55. The normalized spacial score (nSPS) is 15.9. The number of hydrogen-bond acceptors (Lipinski definition) is 11. The molecule has 0 spiro atoms. The van der Waals surface area contributed by atoms with Crippen LogP contribution in [-0.4, -0.2) is 140 Å². The van der Waals surface area contributed by atoms with Crippen LogP contribution in [0.3, 0.4) is 0 Å². The summed E-state index contributed by atoms with van der Waals surface area (Å²) in [7, 11) is 3.23. The number of hydrogen-bond donors (Lipinski definition) is 7. The van der Waals surface area contributed by atoms with E-state index < -0.39 is 5.41 Å². The molecule has 2 aromatic carbocycles. The minimum atomic E-state index is -0.472. The molecule has 0 aliphatic carbocycles. The Bertz CT molecular complexity index is 1450. The number of rotatable bonds is 32. The summed E-state index contributed by atoms with van der Waals surface area (Å²) in [5.74, 6) is 0.196. The smallest absolute Gasteiger partial charge is 0.246 e. The van der Waals surface area contributed by atoms with Gasteiger partial charge in [-0.05, 0) is 74.0 Å². The van der Waals surface area contributed by atoms with Crippen LogP contribution in [0, 0.1) is 11.3 Å². The van der Waals surface area contributed by atoms with E-state index in [1.54, 1.807) is 14.2 Å². The molecule has 1 aliphatic heterocycles. The predicted molar refractivity (Wildman–Crippen MR) is 239 cm³/mol. The molecule has 14 heteroatoms. The van der Waals surface area contributed by atoms with Gasteiger partial charge in [0.15, 0.2) is 0 Å². The Morgan fingerprint density at radius 3 is 2.03 bits per heavy atom. The first-order valence-corrected chi connectivity index (χ1v) is 22.2. The molecule has 1 saturated heterocycles. The zero-order valence-corrected chi connectivity index (χ0v) is 37.1. The van der Waals surface area contributed by atoms with Crippen LogP contribution in [0.5, 0.6) is 0 Å². The van der Waals surface area contributed by atoms with Crippen molar-refractivity contribution in [3.8, 4) is 0 Å². The van der Waals surface area contributed by atoms with Gasteiger partial charge in [0.2, 0.25) is 17.7 Å². The van der Waals surface area contributed by atoms with Gasteiger partial charge in [-0.2, -0.15) is 0 Å². The van der Waals surface area contributed by atoms with Gasteiger partial charge in [-0.1, -0.05) is 80.9 Å². The van der Waals surface area contributed by atoms with E-state index in [-0.39, 0.29) is 54.9 Å². The first-order chi connectivity index (χ1) is 29.1. The molecule has 0 aromatic heterocycles. The second-order valence-corrected chi connectivity index (χ2v) is 16.8. The Morgan fingerprint density at radius 1 is 0.783 bits per heavy atom. The minimum Gasteiger partial charge on any atom is -0.382 e. The van der Waals surface area contributed by atoms with Crippen molar-refractivity contribution in [1.29, 1.82) is 0 Å². The highest BCUT2D eigenvalue weighted by molar-refractivity contribution is 5.82. The molecule has 3 amide bonds. The Hall–Kier alpha value is -3.47. The molecular weight excluding hydrogens is 761 g/mol. The first-order valence-electron chi connectivity index (χ1n) is 22.2. The number of nitrogens with one attached hydrogen (secondary N) is 5. The summed E-state index contributed by atoms with van der Waals surface area (Å²) < 4.78 is 15.8. The van der Waals surface area contributed by atoms with E-state index in [1.165, 1.54) is 11.1 Å². The third-order valence-electron chi connectivity index (χ3n) is 11.2. The number of unbranched alkanes of at least 4 members (excludes halogenated alkanes) is 1. The van der Waals surface area contributed by atoms with Gasteiger partial charge in [-0.3, -0.25) is 14.4 Å². The number of carbonyl (C=O) groups is 3. The summed E-state index contributed by atoms with van der Waals surface area (Å²) in [5, 5.41) is 17.1. The van der Waals surface area contributed by atoms with Crippen LogP contribution in [0.2, 0.25) is 0 Å². The zero-order valence-electron chi connectivity index (χ0n) is 37.1. The fourth-order valence-corrected chi connectivity index (χ4v) is 7.76. The fraction of sp³-hybridized carbons (Fsp3) is 0.674. The molecule has 60 heavy (non-hydrogen) atoms. The van der Waals surface area contributed by atoms with Gasteiger partial charge >= 0.3 is 0 Å². The third-order valence-corrected chi connectivity index (χ3v) is 11.2. The third kappa shape index (κ3) is 20.9. The molecule has 0 bridgehead atoms. The van der Waals surface area contributed by atoms with Crippen molar-refractivity contribution in [3.63, 3.8) is 0 Å². The van der Waals surface area contributed by atoms with Crippen molar-refractivity contribution < 1.29 is 28.6 Å². The summed E-state index contributed by atoms with van der Waals surface area (Å²) in [6.07, 6.45) is 6.46. The molecule has 1 aliphatic rings. The highest BCUT2D eigenvalue weighted by Gasteiger charge is 2.39. The van der Waals surface area contributed by atoms with E-state index in [4.69, 9.17) is 25.7 Å². The van der Waals surface area contributed by atoms with Crippen LogP contribution < -0.4 is 38.1 Å². The lowest BCUT2D eigenvalue weighted by atomic mass is 9.75. The number of carbonyl (C=O) groups excluding carboxylic acids is 3. The molecule has 1 unspecified atom stereocenters. The number of nitrogens with two attached hydrogens (primary N) is 2. The summed E-state index contributed by atoms with van der Waals surface area (Å²) in [4.78, 5) is 41.6. The number of amides is 3. The topological polar surface area (TPSA) is 194 Å². The van der Waals surface area contributed by atoms with Gasteiger partial charge in [0, 0.05) is 78.0 Å². The maximum absolute atomic E-state index is 14.3. The van der Waals surface area contributed by atoms with Gasteiger partial charge < -0.3 is 57.2 Å². The van der Waals surface area contributed by atoms with E-state index in [2.05, 4.69) is 89.0 Å². The number of nitrogens with zero attached hydrogens (tertiary/aromatic N) is 1. The molecule has 2 aromatic rings. The van der Waals surface area contributed by atoms with Gasteiger partial charge in [0.25, 0.3) is 0 Å². The van der Waals surface area contributed by atoms with Crippen molar-refractivity contribution in [3.05, 3.63) is 71.8 Å². The van der Waals surface area contributed by atoms with Crippen molar-refractivity contribution in [1.82, 2.24) is 31.5 Å². The van der Waals surface area contributed by atoms with Crippen molar-refractivity contribution in [2.75, 3.05) is 93.0 Å². The first kappa shape index (κ1) is 50.9. The number of likely N-dealkylation sites (tertiary alicyclic amines) is 1. The zero-order chi connectivity index (χ0) is 43.4. The van der Waals surface area contributed by atoms with Gasteiger partial charge in [-0.25, -0.2) is 0 Å². The highest BCUT2D eigenvalue weighted by Crippen LogP contribution is 2.35. The van der Waals surface area contributed by atoms with E-state index in [0.717, 1.165) is 38.6 Å². The number of methoxy groups -OCH3 is 1. The standard InChI is InChI=1S/C46H78N8O6/c1-36(2)27-40(51-32-41(29-38-15-9-6-10-16-38)50-31-39(48)28-37-13-7-5-8-14-37)33-52-42(17-11-12-20-47)45(57)54-21-18-46(19-22-54,30-43(55)49-3)35-53-44(56)34-60-26-25-59-24-23-58-4/h5-10,13-16,36,39-42,50-52H,11-12,17-35,47-48H2,1-4H3,(H,49,55)(H,53,56)/t39?,40-,41-,42-/m1/s1. The molecule has 4 atom stereocenters. The van der Waals surface area contributed by atoms with E-state index in [9.17, 15) is 14.4 Å². The molecule has 0 radical (unpaired) electrons. The van der Waals surface area contributed by atoms with Gasteiger partial charge in [0.05, 0.1) is 32.5 Å². The Labute approximate surface area is 360 Å². The quantitative estimate of drug-likeness (QED) is 0.0536. The molecule has 1 fully saturated rings. The fourth-order valence-electron chi connectivity index (χ4n) is 7.76. The second-order valence-electron chi connectivity index (χ2n) is 16.8. The van der Waals surface area contributed by atoms with Crippen LogP contribution >= 0.6 is 0 Å². The van der Waals surface area contributed by atoms with Gasteiger partial charge in [0.1, 0.15) is 6.61 Å². The number of ether oxygens (including phenoxy) is 3. The average molecular weight is 839 g/mol. The van der Waals surface area contributed by atoms with Crippen LogP contribution in [-0.2, 0) is 41.4 Å².